The Kier molecular flexibility index (Phi) is 6.16. The maximum absolute atomic E-state index is 13.3. The Bertz CT molecular complexity index is 1120. The minimum atomic E-state index is -4.11. The van der Waals surface area contributed by atoms with Gasteiger partial charge in [0.1, 0.15) is 5.82 Å². The van der Waals surface area contributed by atoms with E-state index >= 15 is 0 Å². The molecule has 1 aliphatic heterocycles. The molecule has 1 N–H and O–H groups in total. The fraction of sp³-hybridized carbons (Fsp3) is 0.250. The fourth-order valence-electron chi connectivity index (χ4n) is 3.06. The number of likely N-dealkylation sites (tertiary alicyclic amines) is 1. The van der Waals surface area contributed by atoms with Gasteiger partial charge in [0, 0.05) is 13.0 Å². The number of nitrogens with one attached hydrogen (secondary N) is 1. The monoisotopic (exact) mass is 434 g/mol. The SMILES string of the molecule is Cc1cc(F)ccc1S(=O)(=O)Nc1ccccc1C(=O)OCC(=O)N1CCCC1=O. The quantitative estimate of drug-likeness (QED) is 0.699. The smallest absolute Gasteiger partial charge is 0.340 e. The maximum atomic E-state index is 13.3. The Balaban J connectivity index is 1.76. The molecule has 3 rings (SSSR count). The molecule has 158 valence electrons. The van der Waals surface area contributed by atoms with Crippen LogP contribution >= 0.6 is 0 Å². The lowest BCUT2D eigenvalue weighted by Gasteiger charge is -2.15. The zero-order valence-corrected chi connectivity index (χ0v) is 16.9. The third kappa shape index (κ3) is 4.65. The average Bonchev–Trinajstić information content (AvgIpc) is 3.11. The van der Waals surface area contributed by atoms with Gasteiger partial charge in [-0.15, -0.1) is 0 Å². The summed E-state index contributed by atoms with van der Waals surface area (Å²) in [6, 6.07) is 8.94. The van der Waals surface area contributed by atoms with Gasteiger partial charge in [0.05, 0.1) is 16.1 Å². The van der Waals surface area contributed by atoms with Crippen LogP contribution in [0.25, 0.3) is 0 Å². The number of ether oxygens (including phenoxy) is 1. The molecule has 0 aliphatic carbocycles. The second-order valence-electron chi connectivity index (χ2n) is 6.68. The van der Waals surface area contributed by atoms with E-state index in [1.165, 1.54) is 31.2 Å². The lowest BCUT2D eigenvalue weighted by Crippen LogP contribution is -2.35. The number of para-hydroxylation sites is 1. The molecule has 2 aromatic carbocycles. The minimum absolute atomic E-state index is 0.0593. The summed E-state index contributed by atoms with van der Waals surface area (Å²) < 4.78 is 46.0. The normalized spacial score (nSPS) is 13.9. The zero-order valence-electron chi connectivity index (χ0n) is 16.1. The highest BCUT2D eigenvalue weighted by Crippen LogP contribution is 2.23. The molecule has 0 unspecified atom stereocenters. The zero-order chi connectivity index (χ0) is 21.9. The molecule has 2 aromatic rings. The average molecular weight is 434 g/mol. The van der Waals surface area contributed by atoms with Gasteiger partial charge in [0.25, 0.3) is 15.9 Å². The molecule has 1 aliphatic rings. The Labute approximate surface area is 172 Å². The van der Waals surface area contributed by atoms with Gasteiger partial charge in [-0.3, -0.25) is 19.2 Å². The Morgan fingerprint density at radius 1 is 1.20 bits per heavy atom. The van der Waals surface area contributed by atoms with Crippen LogP contribution in [0.5, 0.6) is 0 Å². The number of hydrogen-bond donors (Lipinski definition) is 1. The van der Waals surface area contributed by atoms with Crippen molar-refractivity contribution in [1.82, 2.24) is 4.90 Å². The highest BCUT2D eigenvalue weighted by atomic mass is 32.2. The summed E-state index contributed by atoms with van der Waals surface area (Å²) in [6.45, 7) is 1.09. The van der Waals surface area contributed by atoms with Crippen molar-refractivity contribution in [1.29, 1.82) is 0 Å². The van der Waals surface area contributed by atoms with Gasteiger partial charge in [-0.25, -0.2) is 17.6 Å². The summed E-state index contributed by atoms with van der Waals surface area (Å²) in [5.41, 5.74) is 0.0285. The van der Waals surface area contributed by atoms with Crippen molar-refractivity contribution < 1.29 is 31.9 Å². The first-order valence-corrected chi connectivity index (χ1v) is 10.6. The summed E-state index contributed by atoms with van der Waals surface area (Å²) >= 11 is 0. The maximum Gasteiger partial charge on any atom is 0.340 e. The van der Waals surface area contributed by atoms with Crippen molar-refractivity contribution in [3.05, 3.63) is 59.4 Å². The van der Waals surface area contributed by atoms with Crippen molar-refractivity contribution in [2.45, 2.75) is 24.7 Å². The predicted molar refractivity (Wildman–Crippen MR) is 105 cm³/mol. The summed E-state index contributed by atoms with van der Waals surface area (Å²) in [5, 5.41) is 0. The van der Waals surface area contributed by atoms with Gasteiger partial charge < -0.3 is 4.74 Å². The van der Waals surface area contributed by atoms with Crippen molar-refractivity contribution >= 4 is 33.5 Å². The summed E-state index contributed by atoms with van der Waals surface area (Å²) in [6.07, 6.45) is 0.832. The second kappa shape index (κ2) is 8.62. The predicted octanol–water partition coefficient (Wildman–Crippen LogP) is 2.24. The van der Waals surface area contributed by atoms with E-state index in [9.17, 15) is 27.2 Å². The van der Waals surface area contributed by atoms with E-state index in [-0.39, 0.29) is 40.6 Å². The Hall–Kier alpha value is -3.27. The van der Waals surface area contributed by atoms with Crippen LogP contribution < -0.4 is 4.72 Å². The molecule has 1 heterocycles. The number of esters is 1. The van der Waals surface area contributed by atoms with Crippen LogP contribution in [0.2, 0.25) is 0 Å². The largest absolute Gasteiger partial charge is 0.452 e. The topological polar surface area (TPSA) is 110 Å². The molecule has 8 nitrogen and oxygen atoms in total. The first-order valence-electron chi connectivity index (χ1n) is 9.07. The Morgan fingerprint density at radius 2 is 1.93 bits per heavy atom. The number of nitrogens with zero attached hydrogens (tertiary/aromatic N) is 1. The number of amides is 2. The molecule has 0 saturated carbocycles. The number of aryl methyl sites for hydroxylation is 1. The van der Waals surface area contributed by atoms with E-state index in [1.54, 1.807) is 0 Å². The van der Waals surface area contributed by atoms with Crippen LogP contribution in [0.4, 0.5) is 10.1 Å². The number of rotatable bonds is 6. The summed E-state index contributed by atoms with van der Waals surface area (Å²) in [5.74, 6) is -2.45. The van der Waals surface area contributed by atoms with E-state index in [0.717, 1.165) is 23.1 Å². The molecule has 1 fully saturated rings. The van der Waals surface area contributed by atoms with Gasteiger partial charge in [0.2, 0.25) is 5.91 Å². The first-order chi connectivity index (χ1) is 14.2. The van der Waals surface area contributed by atoms with Crippen molar-refractivity contribution in [2.75, 3.05) is 17.9 Å². The minimum Gasteiger partial charge on any atom is -0.452 e. The molecule has 30 heavy (non-hydrogen) atoms. The van der Waals surface area contributed by atoms with Gasteiger partial charge in [0.15, 0.2) is 6.61 Å². The lowest BCUT2D eigenvalue weighted by atomic mass is 10.2. The van der Waals surface area contributed by atoms with Gasteiger partial charge in [-0.1, -0.05) is 12.1 Å². The fourth-order valence-corrected chi connectivity index (χ4v) is 4.37. The van der Waals surface area contributed by atoms with Crippen LogP contribution in [0.3, 0.4) is 0 Å². The highest BCUT2D eigenvalue weighted by molar-refractivity contribution is 7.92. The third-order valence-electron chi connectivity index (χ3n) is 4.52. The Morgan fingerprint density at radius 3 is 2.60 bits per heavy atom. The molecule has 0 radical (unpaired) electrons. The van der Waals surface area contributed by atoms with Crippen LogP contribution in [-0.2, 0) is 24.3 Å². The van der Waals surface area contributed by atoms with Crippen molar-refractivity contribution in [3.63, 3.8) is 0 Å². The van der Waals surface area contributed by atoms with E-state index in [1.807, 2.05) is 0 Å². The number of carbonyl (C=O) groups excluding carboxylic acids is 3. The lowest BCUT2D eigenvalue weighted by molar-refractivity contribution is -0.143. The number of benzene rings is 2. The van der Waals surface area contributed by atoms with Gasteiger partial charge in [-0.05, 0) is 49.2 Å². The highest BCUT2D eigenvalue weighted by Gasteiger charge is 2.28. The van der Waals surface area contributed by atoms with Crippen LogP contribution in [-0.4, -0.2) is 44.3 Å². The second-order valence-corrected chi connectivity index (χ2v) is 8.33. The van der Waals surface area contributed by atoms with Gasteiger partial charge >= 0.3 is 5.97 Å². The van der Waals surface area contributed by atoms with E-state index in [2.05, 4.69) is 4.72 Å². The molecule has 0 spiro atoms. The van der Waals surface area contributed by atoms with Gasteiger partial charge in [-0.2, -0.15) is 0 Å². The number of hydrogen-bond acceptors (Lipinski definition) is 6. The van der Waals surface area contributed by atoms with Crippen LogP contribution in [0.1, 0.15) is 28.8 Å². The number of carbonyl (C=O) groups is 3. The molecular weight excluding hydrogens is 415 g/mol. The molecule has 0 atom stereocenters. The molecule has 0 bridgehead atoms. The van der Waals surface area contributed by atoms with Crippen LogP contribution in [0.15, 0.2) is 47.4 Å². The van der Waals surface area contributed by atoms with E-state index < -0.39 is 34.3 Å². The standard InChI is InChI=1S/C20H19FN2O6S/c1-13-11-14(21)8-9-17(13)30(27,28)22-16-6-3-2-5-15(16)20(26)29-12-19(25)23-10-4-7-18(23)24/h2-3,5-6,8-9,11,22H,4,7,10,12H2,1H3. The van der Waals surface area contributed by atoms with Crippen molar-refractivity contribution in [3.8, 4) is 0 Å². The first kappa shape index (κ1) is 21.4. The summed E-state index contributed by atoms with van der Waals surface area (Å²) in [4.78, 5) is 37.0. The number of halogens is 1. The summed E-state index contributed by atoms with van der Waals surface area (Å²) in [7, 11) is -4.11. The third-order valence-corrected chi connectivity index (χ3v) is 6.04. The number of imide groups is 1. The number of anilines is 1. The van der Waals surface area contributed by atoms with E-state index in [0.29, 0.717) is 6.42 Å². The van der Waals surface area contributed by atoms with E-state index in [4.69, 9.17) is 4.74 Å². The van der Waals surface area contributed by atoms with Crippen LogP contribution in [0, 0.1) is 12.7 Å². The molecular formula is C20H19FN2O6S. The molecule has 1 saturated heterocycles. The molecule has 2 amide bonds. The molecule has 10 heteroatoms. The number of sulfonamides is 1. The molecule has 0 aromatic heterocycles. The van der Waals surface area contributed by atoms with Crippen molar-refractivity contribution in [2.24, 2.45) is 0 Å².